The van der Waals surface area contributed by atoms with Crippen molar-refractivity contribution < 1.29 is 9.18 Å². The molecule has 0 atom stereocenters. The average Bonchev–Trinajstić information content (AvgIpc) is 2.25. The fourth-order valence-corrected chi connectivity index (χ4v) is 1.46. The van der Waals surface area contributed by atoms with E-state index in [-0.39, 0.29) is 16.5 Å². The predicted octanol–water partition coefficient (Wildman–Crippen LogP) is 1.90. The van der Waals surface area contributed by atoms with Crippen molar-refractivity contribution in [2.24, 2.45) is 5.73 Å². The van der Waals surface area contributed by atoms with E-state index in [1.807, 2.05) is 0 Å². The number of rotatable bonds is 4. The summed E-state index contributed by atoms with van der Waals surface area (Å²) >= 11 is 5.60. The third kappa shape index (κ3) is 3.18. The molecule has 0 heterocycles. The molecule has 1 amide bonds. The summed E-state index contributed by atoms with van der Waals surface area (Å²) in [4.78, 5) is 13.2. The number of nitrogens with two attached hydrogens (primary N) is 1. The Labute approximate surface area is 99.0 Å². The van der Waals surface area contributed by atoms with Crippen LogP contribution in [0.5, 0.6) is 0 Å². The lowest BCUT2D eigenvalue weighted by Gasteiger charge is -2.17. The van der Waals surface area contributed by atoms with Crippen LogP contribution in [-0.4, -0.2) is 30.9 Å². The minimum atomic E-state index is -0.600. The molecule has 0 aliphatic heterocycles. The van der Waals surface area contributed by atoms with Crippen LogP contribution in [0, 0.1) is 5.82 Å². The molecule has 0 bridgehead atoms. The van der Waals surface area contributed by atoms with Gasteiger partial charge in [-0.3, -0.25) is 4.79 Å². The molecule has 5 heteroatoms. The topological polar surface area (TPSA) is 46.3 Å². The van der Waals surface area contributed by atoms with E-state index in [4.69, 9.17) is 17.3 Å². The molecule has 1 aromatic rings. The van der Waals surface area contributed by atoms with Crippen molar-refractivity contribution in [2.75, 3.05) is 20.1 Å². The van der Waals surface area contributed by atoms with Crippen molar-refractivity contribution >= 4 is 17.5 Å². The van der Waals surface area contributed by atoms with Gasteiger partial charge in [-0.2, -0.15) is 0 Å². The Balaban J connectivity index is 2.79. The fraction of sp³-hybridized carbons (Fsp3) is 0.364. The highest BCUT2D eigenvalue weighted by atomic mass is 35.5. The van der Waals surface area contributed by atoms with Crippen LogP contribution in [0.1, 0.15) is 16.8 Å². The van der Waals surface area contributed by atoms with Gasteiger partial charge in [-0.05, 0) is 31.2 Å². The Hall–Kier alpha value is -1.13. The van der Waals surface area contributed by atoms with E-state index in [9.17, 15) is 9.18 Å². The van der Waals surface area contributed by atoms with E-state index in [2.05, 4.69) is 0 Å². The van der Waals surface area contributed by atoms with Gasteiger partial charge in [0.05, 0.1) is 5.56 Å². The van der Waals surface area contributed by atoms with Crippen molar-refractivity contribution in [3.05, 3.63) is 34.6 Å². The first kappa shape index (κ1) is 12.9. The van der Waals surface area contributed by atoms with Crippen molar-refractivity contribution in [2.45, 2.75) is 6.42 Å². The summed E-state index contributed by atoms with van der Waals surface area (Å²) in [7, 11) is 1.62. The van der Waals surface area contributed by atoms with Gasteiger partial charge in [0, 0.05) is 18.6 Å². The zero-order valence-corrected chi connectivity index (χ0v) is 9.80. The summed E-state index contributed by atoms with van der Waals surface area (Å²) in [6.45, 7) is 1.01. The van der Waals surface area contributed by atoms with E-state index in [1.165, 1.54) is 17.0 Å². The van der Waals surface area contributed by atoms with Crippen molar-refractivity contribution in [3.8, 4) is 0 Å². The lowest BCUT2D eigenvalue weighted by molar-refractivity contribution is 0.0790. The monoisotopic (exact) mass is 244 g/mol. The molecule has 0 saturated carbocycles. The summed E-state index contributed by atoms with van der Waals surface area (Å²) in [6.07, 6.45) is 0.692. The SMILES string of the molecule is CN(CCCN)C(=O)c1ccc(Cl)cc1F. The Morgan fingerprint density at radius 2 is 2.25 bits per heavy atom. The quantitative estimate of drug-likeness (QED) is 0.879. The number of amides is 1. The third-order valence-corrected chi connectivity index (χ3v) is 2.44. The second-order valence-electron chi connectivity index (χ2n) is 3.49. The number of carbonyl (C=O) groups excluding carboxylic acids is 1. The minimum absolute atomic E-state index is 0.0314. The maximum Gasteiger partial charge on any atom is 0.256 e. The highest BCUT2D eigenvalue weighted by Gasteiger charge is 2.15. The smallest absolute Gasteiger partial charge is 0.256 e. The molecule has 0 aliphatic carbocycles. The van der Waals surface area contributed by atoms with Gasteiger partial charge in [0.2, 0.25) is 0 Å². The lowest BCUT2D eigenvalue weighted by Crippen LogP contribution is -2.29. The van der Waals surface area contributed by atoms with Crippen LogP contribution in [0.25, 0.3) is 0 Å². The molecule has 16 heavy (non-hydrogen) atoms. The molecule has 88 valence electrons. The molecule has 0 aliphatic rings. The number of benzene rings is 1. The summed E-state index contributed by atoms with van der Waals surface area (Å²) < 4.78 is 13.4. The van der Waals surface area contributed by atoms with Gasteiger partial charge >= 0.3 is 0 Å². The molecular weight excluding hydrogens is 231 g/mol. The van der Waals surface area contributed by atoms with Crippen LogP contribution in [0.15, 0.2) is 18.2 Å². The number of hydrogen-bond acceptors (Lipinski definition) is 2. The normalized spacial score (nSPS) is 10.2. The summed E-state index contributed by atoms with van der Waals surface area (Å²) in [6, 6.07) is 4.01. The largest absolute Gasteiger partial charge is 0.342 e. The van der Waals surface area contributed by atoms with Crippen LogP contribution in [0.4, 0.5) is 4.39 Å². The molecule has 0 aromatic heterocycles. The highest BCUT2D eigenvalue weighted by molar-refractivity contribution is 6.30. The number of carbonyl (C=O) groups is 1. The Kier molecular flexibility index (Phi) is 4.71. The molecule has 0 spiro atoms. The van der Waals surface area contributed by atoms with E-state index in [0.717, 1.165) is 6.07 Å². The lowest BCUT2D eigenvalue weighted by atomic mass is 10.2. The molecule has 0 radical (unpaired) electrons. The summed E-state index contributed by atoms with van der Waals surface area (Å²) in [5.41, 5.74) is 5.37. The molecular formula is C11H14ClFN2O. The third-order valence-electron chi connectivity index (χ3n) is 2.21. The van der Waals surface area contributed by atoms with Gasteiger partial charge in [0.15, 0.2) is 0 Å². The van der Waals surface area contributed by atoms with E-state index in [0.29, 0.717) is 19.5 Å². The highest BCUT2D eigenvalue weighted by Crippen LogP contribution is 2.15. The Morgan fingerprint density at radius 1 is 1.56 bits per heavy atom. The van der Waals surface area contributed by atoms with E-state index in [1.54, 1.807) is 7.05 Å². The van der Waals surface area contributed by atoms with Gasteiger partial charge in [-0.25, -0.2) is 4.39 Å². The van der Waals surface area contributed by atoms with Gasteiger partial charge < -0.3 is 10.6 Å². The maximum absolute atomic E-state index is 13.4. The minimum Gasteiger partial charge on any atom is -0.342 e. The molecule has 1 rings (SSSR count). The van der Waals surface area contributed by atoms with E-state index < -0.39 is 5.82 Å². The summed E-state index contributed by atoms with van der Waals surface area (Å²) in [5.74, 6) is -0.959. The second kappa shape index (κ2) is 5.82. The van der Waals surface area contributed by atoms with Crippen LogP contribution in [0.2, 0.25) is 5.02 Å². The average molecular weight is 245 g/mol. The zero-order valence-electron chi connectivity index (χ0n) is 9.04. The number of nitrogens with zero attached hydrogens (tertiary/aromatic N) is 1. The predicted molar refractivity (Wildman–Crippen MR) is 62.0 cm³/mol. The van der Waals surface area contributed by atoms with Crippen molar-refractivity contribution in [1.82, 2.24) is 4.90 Å². The molecule has 0 fully saturated rings. The summed E-state index contributed by atoms with van der Waals surface area (Å²) in [5, 5.41) is 0.277. The second-order valence-corrected chi connectivity index (χ2v) is 3.93. The van der Waals surface area contributed by atoms with Crippen molar-refractivity contribution in [1.29, 1.82) is 0 Å². The standard InChI is InChI=1S/C11H14ClFN2O/c1-15(6-2-5-14)11(16)9-4-3-8(12)7-10(9)13/h3-4,7H,2,5-6,14H2,1H3. The Morgan fingerprint density at radius 3 is 2.81 bits per heavy atom. The molecule has 3 nitrogen and oxygen atoms in total. The van der Waals surface area contributed by atoms with Crippen LogP contribution in [0.3, 0.4) is 0 Å². The molecule has 2 N–H and O–H groups in total. The first-order valence-electron chi connectivity index (χ1n) is 4.97. The fourth-order valence-electron chi connectivity index (χ4n) is 1.30. The van der Waals surface area contributed by atoms with Gasteiger partial charge in [0.1, 0.15) is 5.82 Å². The van der Waals surface area contributed by atoms with Crippen molar-refractivity contribution in [3.63, 3.8) is 0 Å². The van der Waals surface area contributed by atoms with Crippen LogP contribution < -0.4 is 5.73 Å². The van der Waals surface area contributed by atoms with Gasteiger partial charge in [-0.15, -0.1) is 0 Å². The number of hydrogen-bond donors (Lipinski definition) is 1. The van der Waals surface area contributed by atoms with E-state index >= 15 is 0 Å². The molecule has 0 unspecified atom stereocenters. The van der Waals surface area contributed by atoms with Crippen LogP contribution >= 0.6 is 11.6 Å². The molecule has 0 saturated heterocycles. The van der Waals surface area contributed by atoms with Gasteiger partial charge in [-0.1, -0.05) is 11.6 Å². The zero-order chi connectivity index (χ0) is 12.1. The maximum atomic E-state index is 13.4. The van der Waals surface area contributed by atoms with Gasteiger partial charge in [0.25, 0.3) is 5.91 Å². The number of halogens is 2. The molecule has 1 aromatic carbocycles. The first-order chi connectivity index (χ1) is 7.56. The Bertz CT molecular complexity index is 384. The van der Waals surface area contributed by atoms with Crippen LogP contribution in [-0.2, 0) is 0 Å². The first-order valence-corrected chi connectivity index (χ1v) is 5.34.